The first kappa shape index (κ1) is 16.5. The van der Waals surface area contributed by atoms with Crippen molar-refractivity contribution in [1.82, 2.24) is 14.9 Å². The maximum absolute atomic E-state index is 12.5. The predicted molar refractivity (Wildman–Crippen MR) is 101 cm³/mol. The molecule has 1 N–H and O–H groups in total. The van der Waals surface area contributed by atoms with Gasteiger partial charge in [0, 0.05) is 37.3 Å². The van der Waals surface area contributed by atoms with Crippen molar-refractivity contribution in [2.75, 3.05) is 13.1 Å². The summed E-state index contributed by atoms with van der Waals surface area (Å²) in [5.41, 5.74) is 2.65. The molecule has 3 aromatic rings. The number of aromatic amines is 1. The molecule has 1 aromatic carbocycles. The van der Waals surface area contributed by atoms with E-state index in [-0.39, 0.29) is 17.4 Å². The standard InChI is InChI=1S/C21H21N3O2/c25-20(9-8-15-5-2-1-3-6-15)24-12-10-16(14-24)18-13-19-17(21(26)23-18)7-4-11-22-19/h1-7,11,13,16H,8-10,12,14H2,(H,23,26)/t16-/m1/s1. The molecule has 1 amide bonds. The molecule has 0 aliphatic carbocycles. The van der Waals surface area contributed by atoms with Gasteiger partial charge in [0.15, 0.2) is 0 Å². The topological polar surface area (TPSA) is 66.1 Å². The first-order valence-corrected chi connectivity index (χ1v) is 9.00. The number of carbonyl (C=O) groups is 1. The van der Waals surface area contributed by atoms with E-state index in [9.17, 15) is 9.59 Å². The number of amides is 1. The third kappa shape index (κ3) is 3.38. The zero-order chi connectivity index (χ0) is 17.9. The SMILES string of the molecule is O=C(CCc1ccccc1)N1CC[C@@H](c2cc3ncccc3c(=O)[nH]2)C1. The van der Waals surface area contributed by atoms with Crippen LogP contribution in [0, 0.1) is 0 Å². The van der Waals surface area contributed by atoms with Gasteiger partial charge in [-0.2, -0.15) is 0 Å². The Morgan fingerprint density at radius 1 is 1.19 bits per heavy atom. The van der Waals surface area contributed by atoms with Crippen LogP contribution in [0.2, 0.25) is 0 Å². The first-order chi connectivity index (χ1) is 12.7. The van der Waals surface area contributed by atoms with E-state index in [1.807, 2.05) is 41.3 Å². The van der Waals surface area contributed by atoms with Crippen LogP contribution in [0.1, 0.15) is 30.0 Å². The van der Waals surface area contributed by atoms with Crippen LogP contribution in [0.3, 0.4) is 0 Å². The molecule has 0 spiro atoms. The molecule has 1 aliphatic heterocycles. The van der Waals surface area contributed by atoms with Crippen LogP contribution in [0.15, 0.2) is 59.5 Å². The molecule has 0 unspecified atom stereocenters. The normalized spacial score (nSPS) is 16.9. The van der Waals surface area contributed by atoms with E-state index in [1.165, 1.54) is 5.56 Å². The number of pyridine rings is 2. The number of carbonyl (C=O) groups excluding carboxylic acids is 1. The lowest BCUT2D eigenvalue weighted by atomic mass is 10.0. The van der Waals surface area contributed by atoms with Gasteiger partial charge in [-0.25, -0.2) is 0 Å². The molecule has 26 heavy (non-hydrogen) atoms. The minimum Gasteiger partial charge on any atom is -0.342 e. The van der Waals surface area contributed by atoms with Crippen LogP contribution < -0.4 is 5.56 Å². The molecule has 1 fully saturated rings. The van der Waals surface area contributed by atoms with E-state index in [0.29, 0.717) is 23.9 Å². The fourth-order valence-electron chi connectivity index (χ4n) is 3.62. The van der Waals surface area contributed by atoms with Gasteiger partial charge in [-0.05, 0) is 36.6 Å². The van der Waals surface area contributed by atoms with E-state index in [0.717, 1.165) is 25.1 Å². The van der Waals surface area contributed by atoms with Crippen LogP contribution in [0.25, 0.3) is 10.9 Å². The smallest absolute Gasteiger partial charge is 0.257 e. The molecule has 0 saturated carbocycles. The number of aromatic nitrogens is 2. The lowest BCUT2D eigenvalue weighted by molar-refractivity contribution is -0.130. The number of hydrogen-bond acceptors (Lipinski definition) is 3. The highest BCUT2D eigenvalue weighted by Gasteiger charge is 2.28. The van der Waals surface area contributed by atoms with E-state index < -0.39 is 0 Å². The lowest BCUT2D eigenvalue weighted by Gasteiger charge is -2.17. The van der Waals surface area contributed by atoms with Crippen LogP contribution in [-0.4, -0.2) is 33.9 Å². The lowest BCUT2D eigenvalue weighted by Crippen LogP contribution is -2.28. The molecule has 4 rings (SSSR count). The number of benzene rings is 1. The average molecular weight is 347 g/mol. The number of fused-ring (bicyclic) bond motifs is 1. The predicted octanol–water partition coefficient (Wildman–Crippen LogP) is 2.87. The minimum atomic E-state index is -0.112. The van der Waals surface area contributed by atoms with Crippen molar-refractivity contribution >= 4 is 16.8 Å². The third-order valence-electron chi connectivity index (χ3n) is 5.08. The monoisotopic (exact) mass is 347 g/mol. The van der Waals surface area contributed by atoms with Crippen LogP contribution in [-0.2, 0) is 11.2 Å². The molecule has 0 bridgehead atoms. The summed E-state index contributed by atoms with van der Waals surface area (Å²) in [4.78, 5) is 33.9. The molecule has 132 valence electrons. The summed E-state index contributed by atoms with van der Waals surface area (Å²) in [6.45, 7) is 1.39. The van der Waals surface area contributed by atoms with Crippen molar-refractivity contribution < 1.29 is 4.79 Å². The molecule has 1 saturated heterocycles. The Bertz CT molecular complexity index is 981. The van der Waals surface area contributed by atoms with Crippen molar-refractivity contribution in [1.29, 1.82) is 0 Å². The quantitative estimate of drug-likeness (QED) is 0.789. The van der Waals surface area contributed by atoms with Crippen LogP contribution >= 0.6 is 0 Å². The molecule has 1 atom stereocenters. The molecule has 5 nitrogen and oxygen atoms in total. The zero-order valence-corrected chi connectivity index (χ0v) is 14.5. The second kappa shape index (κ2) is 7.12. The van der Waals surface area contributed by atoms with Gasteiger partial charge in [0.1, 0.15) is 0 Å². The molecular weight excluding hydrogens is 326 g/mol. The minimum absolute atomic E-state index is 0.112. The van der Waals surface area contributed by atoms with Gasteiger partial charge >= 0.3 is 0 Å². The summed E-state index contributed by atoms with van der Waals surface area (Å²) >= 11 is 0. The van der Waals surface area contributed by atoms with Crippen molar-refractivity contribution in [2.24, 2.45) is 0 Å². The van der Waals surface area contributed by atoms with E-state index in [1.54, 1.807) is 18.3 Å². The Morgan fingerprint density at radius 3 is 2.88 bits per heavy atom. The van der Waals surface area contributed by atoms with Crippen LogP contribution in [0.4, 0.5) is 0 Å². The summed E-state index contributed by atoms with van der Waals surface area (Å²) < 4.78 is 0. The summed E-state index contributed by atoms with van der Waals surface area (Å²) in [6, 6.07) is 15.6. The van der Waals surface area contributed by atoms with Gasteiger partial charge in [0.25, 0.3) is 5.56 Å². The second-order valence-corrected chi connectivity index (χ2v) is 6.80. The van der Waals surface area contributed by atoms with Gasteiger partial charge in [-0.3, -0.25) is 14.6 Å². The maximum atomic E-state index is 12.5. The Morgan fingerprint density at radius 2 is 2.04 bits per heavy atom. The number of aryl methyl sites for hydroxylation is 1. The Labute approximate surface area is 151 Å². The molecule has 0 radical (unpaired) electrons. The van der Waals surface area contributed by atoms with Gasteiger partial charge in [0.2, 0.25) is 5.91 Å². The second-order valence-electron chi connectivity index (χ2n) is 6.80. The molecule has 1 aliphatic rings. The fraction of sp³-hybridized carbons (Fsp3) is 0.286. The van der Waals surface area contributed by atoms with Crippen molar-refractivity contribution in [3.05, 3.63) is 76.3 Å². The highest BCUT2D eigenvalue weighted by molar-refractivity contribution is 5.78. The van der Waals surface area contributed by atoms with Crippen molar-refractivity contribution in [3.63, 3.8) is 0 Å². The summed E-state index contributed by atoms with van der Waals surface area (Å²) in [7, 11) is 0. The number of nitrogens with one attached hydrogen (secondary N) is 1. The molecule has 2 aromatic heterocycles. The number of likely N-dealkylation sites (tertiary alicyclic amines) is 1. The van der Waals surface area contributed by atoms with Gasteiger partial charge in [0.05, 0.1) is 10.9 Å². The number of hydrogen-bond donors (Lipinski definition) is 1. The summed E-state index contributed by atoms with van der Waals surface area (Å²) in [5.74, 6) is 0.340. The number of nitrogens with zero attached hydrogens (tertiary/aromatic N) is 2. The highest BCUT2D eigenvalue weighted by atomic mass is 16.2. The Kier molecular flexibility index (Phi) is 4.52. The maximum Gasteiger partial charge on any atom is 0.257 e. The fourth-order valence-corrected chi connectivity index (χ4v) is 3.62. The molecule has 3 heterocycles. The molecule has 5 heteroatoms. The van der Waals surface area contributed by atoms with E-state index in [2.05, 4.69) is 9.97 Å². The van der Waals surface area contributed by atoms with Crippen molar-refractivity contribution in [3.8, 4) is 0 Å². The summed E-state index contributed by atoms with van der Waals surface area (Å²) in [6.07, 6.45) is 3.84. The zero-order valence-electron chi connectivity index (χ0n) is 14.5. The number of rotatable bonds is 4. The van der Waals surface area contributed by atoms with Crippen molar-refractivity contribution in [2.45, 2.75) is 25.2 Å². The van der Waals surface area contributed by atoms with Gasteiger partial charge in [-0.15, -0.1) is 0 Å². The van der Waals surface area contributed by atoms with Crippen LogP contribution in [0.5, 0.6) is 0 Å². The Hall–Kier alpha value is -2.95. The van der Waals surface area contributed by atoms with E-state index >= 15 is 0 Å². The van der Waals surface area contributed by atoms with E-state index in [4.69, 9.17) is 0 Å². The number of H-pyrrole nitrogens is 1. The largest absolute Gasteiger partial charge is 0.342 e. The average Bonchev–Trinajstić information content (AvgIpc) is 3.17. The molecular formula is C21H21N3O2. The van der Waals surface area contributed by atoms with Gasteiger partial charge < -0.3 is 9.88 Å². The summed E-state index contributed by atoms with van der Waals surface area (Å²) in [5, 5.41) is 0.602. The Balaban J connectivity index is 1.43. The van der Waals surface area contributed by atoms with Gasteiger partial charge in [-0.1, -0.05) is 30.3 Å². The first-order valence-electron chi connectivity index (χ1n) is 9.00. The highest BCUT2D eigenvalue weighted by Crippen LogP contribution is 2.27. The third-order valence-corrected chi connectivity index (χ3v) is 5.08.